The highest BCUT2D eigenvalue weighted by Gasteiger charge is 2.21. The summed E-state index contributed by atoms with van der Waals surface area (Å²) in [7, 11) is 0. The first kappa shape index (κ1) is 14.3. The van der Waals surface area contributed by atoms with Crippen LogP contribution in [-0.4, -0.2) is 20.3 Å². The van der Waals surface area contributed by atoms with Gasteiger partial charge in [0.1, 0.15) is 11.3 Å². The molecule has 0 aliphatic carbocycles. The van der Waals surface area contributed by atoms with Gasteiger partial charge in [-0.2, -0.15) is 0 Å². The lowest BCUT2D eigenvalue weighted by Crippen LogP contribution is -2.21. The second-order valence-corrected chi connectivity index (χ2v) is 5.25. The minimum absolute atomic E-state index is 0.188. The van der Waals surface area contributed by atoms with Crippen molar-refractivity contribution < 1.29 is 4.79 Å². The Bertz CT molecular complexity index is 920. The Morgan fingerprint density at radius 1 is 1.23 bits per heavy atom. The first-order valence-electron chi connectivity index (χ1n) is 7.24. The molecule has 5 nitrogen and oxygen atoms in total. The van der Waals surface area contributed by atoms with E-state index in [1.807, 2.05) is 24.5 Å². The summed E-state index contributed by atoms with van der Waals surface area (Å²) in [5, 5.41) is 0. The maximum absolute atomic E-state index is 12.9. The van der Waals surface area contributed by atoms with Crippen LogP contribution in [0.1, 0.15) is 34.4 Å². The standard InChI is InChI=1S/C17H17N3O2/c1-4-20-11(3)19-17-14(20)16(22)13(10(2)18-17)15(21)12-8-6-5-7-9-12/h5-9H,4H2,1-3H3,(H,18,22). The van der Waals surface area contributed by atoms with E-state index in [4.69, 9.17) is 0 Å². The normalized spacial score (nSPS) is 11.0. The number of aromatic amines is 1. The summed E-state index contributed by atoms with van der Waals surface area (Å²) in [5.41, 5.74) is 1.98. The molecule has 0 aliphatic heterocycles. The number of nitrogens with zero attached hydrogens (tertiary/aromatic N) is 2. The van der Waals surface area contributed by atoms with E-state index in [2.05, 4.69) is 9.97 Å². The molecule has 1 N–H and O–H groups in total. The molecule has 0 fully saturated rings. The van der Waals surface area contributed by atoms with E-state index in [0.29, 0.717) is 29.0 Å². The van der Waals surface area contributed by atoms with Crippen LogP contribution in [0.25, 0.3) is 11.2 Å². The number of benzene rings is 1. The summed E-state index contributed by atoms with van der Waals surface area (Å²) in [4.78, 5) is 33.0. The number of pyridine rings is 1. The highest BCUT2D eigenvalue weighted by Crippen LogP contribution is 2.16. The molecule has 112 valence electrons. The van der Waals surface area contributed by atoms with Gasteiger partial charge in [0.05, 0.1) is 5.56 Å². The zero-order chi connectivity index (χ0) is 15.9. The lowest BCUT2D eigenvalue weighted by molar-refractivity contribution is 0.103. The summed E-state index contributed by atoms with van der Waals surface area (Å²) in [6.45, 7) is 6.17. The number of rotatable bonds is 3. The monoisotopic (exact) mass is 295 g/mol. The fourth-order valence-electron chi connectivity index (χ4n) is 2.81. The molecule has 0 atom stereocenters. The number of ketones is 1. The van der Waals surface area contributed by atoms with Gasteiger partial charge in [-0.3, -0.25) is 9.59 Å². The van der Waals surface area contributed by atoms with Crippen molar-refractivity contribution in [3.05, 3.63) is 63.2 Å². The van der Waals surface area contributed by atoms with Crippen molar-refractivity contribution in [2.45, 2.75) is 27.3 Å². The molecule has 3 aromatic rings. The van der Waals surface area contributed by atoms with Gasteiger partial charge in [-0.15, -0.1) is 0 Å². The zero-order valence-corrected chi connectivity index (χ0v) is 12.8. The molecule has 22 heavy (non-hydrogen) atoms. The SMILES string of the molecule is CCn1c(C)nc2[nH]c(C)c(C(=O)c3ccccc3)c(=O)c21. The van der Waals surface area contributed by atoms with E-state index >= 15 is 0 Å². The topological polar surface area (TPSA) is 67.8 Å². The summed E-state index contributed by atoms with van der Waals surface area (Å²) in [6.07, 6.45) is 0. The van der Waals surface area contributed by atoms with E-state index in [9.17, 15) is 9.59 Å². The molecule has 2 heterocycles. The molecule has 0 unspecified atom stereocenters. The van der Waals surface area contributed by atoms with Crippen molar-refractivity contribution >= 4 is 16.9 Å². The van der Waals surface area contributed by atoms with Gasteiger partial charge in [0.2, 0.25) is 5.43 Å². The highest BCUT2D eigenvalue weighted by atomic mass is 16.1. The predicted molar refractivity (Wildman–Crippen MR) is 85.4 cm³/mol. The van der Waals surface area contributed by atoms with E-state index in [1.54, 1.807) is 31.2 Å². The minimum Gasteiger partial charge on any atom is -0.341 e. The van der Waals surface area contributed by atoms with Crippen LogP contribution in [0.3, 0.4) is 0 Å². The van der Waals surface area contributed by atoms with Crippen LogP contribution in [0.5, 0.6) is 0 Å². The third-order valence-corrected chi connectivity index (χ3v) is 3.86. The Morgan fingerprint density at radius 2 is 1.91 bits per heavy atom. The predicted octanol–water partition coefficient (Wildman–Crippen LogP) is 2.59. The van der Waals surface area contributed by atoms with Gasteiger partial charge in [0.15, 0.2) is 11.4 Å². The van der Waals surface area contributed by atoms with Gasteiger partial charge >= 0.3 is 0 Å². The van der Waals surface area contributed by atoms with E-state index in [1.165, 1.54) is 0 Å². The largest absolute Gasteiger partial charge is 0.341 e. The molecule has 1 aromatic carbocycles. The number of fused-ring (bicyclic) bond motifs is 1. The van der Waals surface area contributed by atoms with Crippen molar-refractivity contribution in [3.8, 4) is 0 Å². The maximum Gasteiger partial charge on any atom is 0.218 e. The third kappa shape index (κ3) is 2.06. The van der Waals surface area contributed by atoms with E-state index < -0.39 is 0 Å². The molecule has 0 aliphatic rings. The van der Waals surface area contributed by atoms with Crippen molar-refractivity contribution in [1.29, 1.82) is 0 Å². The number of nitrogens with one attached hydrogen (secondary N) is 1. The quantitative estimate of drug-likeness (QED) is 0.755. The minimum atomic E-state index is -0.262. The zero-order valence-electron chi connectivity index (χ0n) is 12.8. The van der Waals surface area contributed by atoms with Crippen molar-refractivity contribution in [1.82, 2.24) is 14.5 Å². The summed E-state index contributed by atoms with van der Waals surface area (Å²) in [5.74, 6) is 0.498. The molecule has 0 saturated heterocycles. The number of hydrogen-bond donors (Lipinski definition) is 1. The summed E-state index contributed by atoms with van der Waals surface area (Å²) >= 11 is 0. The molecular formula is C17H17N3O2. The molecule has 0 spiro atoms. The summed E-state index contributed by atoms with van der Waals surface area (Å²) < 4.78 is 1.83. The molecule has 5 heteroatoms. The van der Waals surface area contributed by atoms with Crippen LogP contribution < -0.4 is 5.43 Å². The lowest BCUT2D eigenvalue weighted by atomic mass is 10.0. The molecule has 0 bridgehead atoms. The number of aryl methyl sites for hydroxylation is 3. The Kier molecular flexibility index (Phi) is 3.41. The number of carbonyl (C=O) groups is 1. The lowest BCUT2D eigenvalue weighted by Gasteiger charge is -2.07. The van der Waals surface area contributed by atoms with Crippen LogP contribution in [-0.2, 0) is 6.54 Å². The second kappa shape index (κ2) is 5.26. The average molecular weight is 295 g/mol. The van der Waals surface area contributed by atoms with E-state index in [-0.39, 0.29) is 16.8 Å². The molecule has 0 saturated carbocycles. The number of H-pyrrole nitrogens is 1. The fourth-order valence-corrected chi connectivity index (χ4v) is 2.81. The van der Waals surface area contributed by atoms with Crippen LogP contribution in [0, 0.1) is 13.8 Å². The average Bonchev–Trinajstić information content (AvgIpc) is 2.83. The Balaban J connectivity index is 2.31. The Hall–Kier alpha value is -2.69. The van der Waals surface area contributed by atoms with Gasteiger partial charge < -0.3 is 9.55 Å². The number of imidazole rings is 1. The molecule has 0 radical (unpaired) electrons. The van der Waals surface area contributed by atoms with Crippen LogP contribution >= 0.6 is 0 Å². The smallest absolute Gasteiger partial charge is 0.218 e. The molecule has 3 rings (SSSR count). The Morgan fingerprint density at radius 3 is 2.55 bits per heavy atom. The van der Waals surface area contributed by atoms with Crippen molar-refractivity contribution in [2.24, 2.45) is 0 Å². The Labute approximate surface area is 127 Å². The van der Waals surface area contributed by atoms with Crippen LogP contribution in [0.2, 0.25) is 0 Å². The van der Waals surface area contributed by atoms with Gasteiger partial charge in [-0.05, 0) is 20.8 Å². The van der Waals surface area contributed by atoms with Gasteiger partial charge in [-0.25, -0.2) is 4.98 Å². The second-order valence-electron chi connectivity index (χ2n) is 5.25. The third-order valence-electron chi connectivity index (χ3n) is 3.86. The van der Waals surface area contributed by atoms with Crippen molar-refractivity contribution in [3.63, 3.8) is 0 Å². The first-order chi connectivity index (χ1) is 10.5. The van der Waals surface area contributed by atoms with Gasteiger partial charge in [-0.1, -0.05) is 30.3 Å². The molecular weight excluding hydrogens is 278 g/mol. The van der Waals surface area contributed by atoms with Crippen molar-refractivity contribution in [2.75, 3.05) is 0 Å². The van der Waals surface area contributed by atoms with Crippen LogP contribution in [0.15, 0.2) is 35.1 Å². The maximum atomic E-state index is 12.9. The number of carbonyl (C=O) groups excluding carboxylic acids is 1. The van der Waals surface area contributed by atoms with Gasteiger partial charge in [0.25, 0.3) is 0 Å². The molecule has 0 amide bonds. The number of hydrogen-bond acceptors (Lipinski definition) is 3. The van der Waals surface area contributed by atoms with E-state index in [0.717, 1.165) is 5.82 Å². The summed E-state index contributed by atoms with van der Waals surface area (Å²) in [6, 6.07) is 8.85. The van der Waals surface area contributed by atoms with Gasteiger partial charge in [0, 0.05) is 17.8 Å². The first-order valence-corrected chi connectivity index (χ1v) is 7.24. The molecule has 2 aromatic heterocycles. The highest BCUT2D eigenvalue weighted by molar-refractivity contribution is 6.10. The fraction of sp³-hybridized carbons (Fsp3) is 0.235. The van der Waals surface area contributed by atoms with Crippen LogP contribution in [0.4, 0.5) is 0 Å². The number of aromatic nitrogens is 3.